The molecule has 5 nitrogen and oxygen atoms in total. The number of hydroxylamine groups is 1. The standard InChI is InChI=1S/C13H23N3O2/c1-10(2)6-5-7-11(3)8-9-15-13(14)16-18-12(4)17/h6,8-9,11H,5,7H2,1-4H3,(H3,14,15,16). The highest BCUT2D eigenvalue weighted by Gasteiger charge is 1.96. The Morgan fingerprint density at radius 2 is 2.11 bits per heavy atom. The fourth-order valence-electron chi connectivity index (χ4n) is 1.15. The molecular formula is C13H23N3O2. The minimum atomic E-state index is -0.466. The molecule has 3 N–H and O–H groups in total. The SMILES string of the molecule is CC(=O)ONC(N)=NC=CC(C)CCC=C(C)C. The second-order valence-electron chi connectivity index (χ2n) is 4.39. The van der Waals surface area contributed by atoms with E-state index in [0.717, 1.165) is 12.8 Å². The molecule has 1 unspecified atom stereocenters. The summed E-state index contributed by atoms with van der Waals surface area (Å²) in [7, 11) is 0. The van der Waals surface area contributed by atoms with E-state index in [1.807, 2.05) is 6.08 Å². The molecular weight excluding hydrogens is 230 g/mol. The number of carbonyl (C=O) groups excluding carboxylic acids is 1. The maximum Gasteiger partial charge on any atom is 0.329 e. The second-order valence-corrected chi connectivity index (χ2v) is 4.39. The van der Waals surface area contributed by atoms with E-state index in [2.05, 4.69) is 42.2 Å². The Bertz CT molecular complexity index is 342. The molecule has 0 bridgehead atoms. The van der Waals surface area contributed by atoms with Crippen LogP contribution in [0.1, 0.15) is 40.5 Å². The number of nitrogens with two attached hydrogens (primary N) is 1. The van der Waals surface area contributed by atoms with Gasteiger partial charge in [0.05, 0.1) is 0 Å². The van der Waals surface area contributed by atoms with Crippen LogP contribution in [-0.2, 0) is 9.63 Å². The highest BCUT2D eigenvalue weighted by molar-refractivity contribution is 5.79. The summed E-state index contributed by atoms with van der Waals surface area (Å²) in [6, 6.07) is 0. The van der Waals surface area contributed by atoms with Crippen molar-refractivity contribution in [2.24, 2.45) is 16.6 Å². The number of allylic oxidation sites excluding steroid dienone is 3. The van der Waals surface area contributed by atoms with Crippen LogP contribution in [0, 0.1) is 5.92 Å². The third-order valence-electron chi connectivity index (χ3n) is 2.10. The summed E-state index contributed by atoms with van der Waals surface area (Å²) in [6.45, 7) is 7.57. The Labute approximate surface area is 109 Å². The van der Waals surface area contributed by atoms with Crippen LogP contribution in [0.5, 0.6) is 0 Å². The van der Waals surface area contributed by atoms with Crippen molar-refractivity contribution in [3.63, 3.8) is 0 Å². The molecule has 0 aromatic rings. The van der Waals surface area contributed by atoms with Gasteiger partial charge in [-0.25, -0.2) is 4.99 Å². The average molecular weight is 253 g/mol. The molecule has 0 rings (SSSR count). The first-order chi connectivity index (χ1) is 8.41. The molecule has 18 heavy (non-hydrogen) atoms. The van der Waals surface area contributed by atoms with Crippen molar-refractivity contribution in [2.45, 2.75) is 40.5 Å². The minimum absolute atomic E-state index is 0.0537. The Morgan fingerprint density at radius 3 is 2.67 bits per heavy atom. The van der Waals surface area contributed by atoms with Gasteiger partial charge in [0.25, 0.3) is 0 Å². The Hall–Kier alpha value is -1.78. The topological polar surface area (TPSA) is 76.7 Å². The molecule has 102 valence electrons. The highest BCUT2D eigenvalue weighted by Crippen LogP contribution is 2.08. The van der Waals surface area contributed by atoms with Gasteiger partial charge in [-0.3, -0.25) is 4.79 Å². The maximum absolute atomic E-state index is 10.5. The van der Waals surface area contributed by atoms with Gasteiger partial charge < -0.3 is 10.6 Å². The monoisotopic (exact) mass is 253 g/mol. The van der Waals surface area contributed by atoms with Crippen molar-refractivity contribution >= 4 is 11.9 Å². The van der Waals surface area contributed by atoms with Gasteiger partial charge >= 0.3 is 5.97 Å². The molecule has 0 aliphatic heterocycles. The first kappa shape index (κ1) is 16.2. The van der Waals surface area contributed by atoms with Crippen LogP contribution < -0.4 is 11.2 Å². The van der Waals surface area contributed by atoms with Gasteiger partial charge in [0.2, 0.25) is 5.96 Å². The fourth-order valence-corrected chi connectivity index (χ4v) is 1.15. The molecule has 0 radical (unpaired) electrons. The summed E-state index contributed by atoms with van der Waals surface area (Å²) in [5.41, 5.74) is 9.01. The molecule has 0 fully saturated rings. The first-order valence-electron chi connectivity index (χ1n) is 5.98. The predicted molar refractivity (Wildman–Crippen MR) is 73.5 cm³/mol. The van der Waals surface area contributed by atoms with E-state index in [1.54, 1.807) is 6.20 Å². The third-order valence-corrected chi connectivity index (χ3v) is 2.10. The Balaban J connectivity index is 3.95. The van der Waals surface area contributed by atoms with Gasteiger partial charge in [0.15, 0.2) is 0 Å². The van der Waals surface area contributed by atoms with E-state index in [4.69, 9.17) is 5.73 Å². The van der Waals surface area contributed by atoms with Gasteiger partial charge in [-0.2, -0.15) is 5.48 Å². The molecule has 0 amide bonds. The van der Waals surface area contributed by atoms with Gasteiger partial charge in [-0.1, -0.05) is 24.6 Å². The number of nitrogens with one attached hydrogen (secondary N) is 1. The lowest BCUT2D eigenvalue weighted by atomic mass is 10.0. The highest BCUT2D eigenvalue weighted by atomic mass is 16.7. The van der Waals surface area contributed by atoms with Gasteiger partial charge in [0.1, 0.15) is 0 Å². The molecule has 0 aromatic carbocycles. The number of aliphatic imine (C=N–C) groups is 1. The molecule has 0 spiro atoms. The number of rotatable bonds is 5. The van der Waals surface area contributed by atoms with Crippen molar-refractivity contribution in [3.8, 4) is 0 Å². The van der Waals surface area contributed by atoms with Crippen LogP contribution in [0.4, 0.5) is 0 Å². The fraction of sp³-hybridized carbons (Fsp3) is 0.538. The Morgan fingerprint density at radius 1 is 1.44 bits per heavy atom. The quantitative estimate of drug-likeness (QED) is 0.341. The van der Waals surface area contributed by atoms with Crippen molar-refractivity contribution in [3.05, 3.63) is 23.9 Å². The second kappa shape index (κ2) is 9.27. The molecule has 0 aliphatic carbocycles. The summed E-state index contributed by atoms with van der Waals surface area (Å²) in [5, 5.41) is 0. The van der Waals surface area contributed by atoms with Gasteiger partial charge in [0, 0.05) is 13.1 Å². The normalized spacial score (nSPS) is 13.2. The number of carbonyl (C=O) groups is 1. The number of hydrogen-bond donors (Lipinski definition) is 2. The number of guanidine groups is 1. The molecule has 0 heterocycles. The minimum Gasteiger partial charge on any atom is -0.367 e. The van der Waals surface area contributed by atoms with Crippen LogP contribution in [-0.4, -0.2) is 11.9 Å². The first-order valence-corrected chi connectivity index (χ1v) is 5.98. The summed E-state index contributed by atoms with van der Waals surface area (Å²) >= 11 is 0. The molecule has 1 atom stereocenters. The molecule has 0 saturated carbocycles. The zero-order chi connectivity index (χ0) is 14.0. The van der Waals surface area contributed by atoms with Crippen LogP contribution >= 0.6 is 0 Å². The van der Waals surface area contributed by atoms with Crippen LogP contribution in [0.3, 0.4) is 0 Å². The predicted octanol–water partition coefficient (Wildman–Crippen LogP) is 2.27. The summed E-state index contributed by atoms with van der Waals surface area (Å²) in [5.74, 6) is 0.0102. The maximum atomic E-state index is 10.5. The molecule has 0 aromatic heterocycles. The van der Waals surface area contributed by atoms with Crippen molar-refractivity contribution in [1.29, 1.82) is 0 Å². The van der Waals surface area contributed by atoms with Crippen LogP contribution in [0.15, 0.2) is 28.9 Å². The molecule has 0 saturated heterocycles. The van der Waals surface area contributed by atoms with E-state index in [0.29, 0.717) is 5.92 Å². The van der Waals surface area contributed by atoms with Crippen molar-refractivity contribution in [2.75, 3.05) is 0 Å². The van der Waals surface area contributed by atoms with E-state index in [1.165, 1.54) is 12.5 Å². The van der Waals surface area contributed by atoms with E-state index in [-0.39, 0.29) is 5.96 Å². The van der Waals surface area contributed by atoms with Gasteiger partial charge in [-0.05, 0) is 32.6 Å². The Kier molecular flexibility index (Phi) is 8.35. The van der Waals surface area contributed by atoms with Gasteiger partial charge in [-0.15, -0.1) is 0 Å². The zero-order valence-electron chi connectivity index (χ0n) is 11.6. The zero-order valence-corrected chi connectivity index (χ0v) is 11.6. The van der Waals surface area contributed by atoms with E-state index >= 15 is 0 Å². The number of nitrogens with zero attached hydrogens (tertiary/aromatic N) is 1. The van der Waals surface area contributed by atoms with E-state index < -0.39 is 5.97 Å². The van der Waals surface area contributed by atoms with Crippen LogP contribution in [0.25, 0.3) is 0 Å². The smallest absolute Gasteiger partial charge is 0.329 e. The summed E-state index contributed by atoms with van der Waals surface area (Å²) in [6.07, 6.45) is 7.90. The lowest BCUT2D eigenvalue weighted by Crippen LogP contribution is -2.32. The van der Waals surface area contributed by atoms with Crippen LogP contribution in [0.2, 0.25) is 0 Å². The lowest BCUT2D eigenvalue weighted by Gasteiger charge is -2.03. The molecule has 5 heteroatoms. The average Bonchev–Trinajstić information content (AvgIpc) is 2.25. The summed E-state index contributed by atoms with van der Waals surface area (Å²) in [4.78, 5) is 18.8. The van der Waals surface area contributed by atoms with Crippen molar-refractivity contribution < 1.29 is 9.63 Å². The number of hydrogen-bond acceptors (Lipinski definition) is 3. The lowest BCUT2D eigenvalue weighted by molar-refractivity contribution is -0.145. The third kappa shape index (κ3) is 10.7. The van der Waals surface area contributed by atoms with Crippen molar-refractivity contribution in [1.82, 2.24) is 5.48 Å². The largest absolute Gasteiger partial charge is 0.367 e. The molecule has 0 aliphatic rings. The summed E-state index contributed by atoms with van der Waals surface area (Å²) < 4.78 is 0. The van der Waals surface area contributed by atoms with E-state index in [9.17, 15) is 4.79 Å².